The minimum Gasteiger partial charge on any atom is -0.493 e. The summed E-state index contributed by atoms with van der Waals surface area (Å²) in [4.78, 5) is 25.3. The minimum absolute atomic E-state index is 0.289. The standard InChI is InChI=1S/C15H19NO5/c1-20-12-7-6-10(9-13(12)21-2)14(17)16-8-4-3-5-11(16)15(18)19/h6-7,9,11H,3-5,8H2,1-2H3,(H,18,19). The zero-order chi connectivity index (χ0) is 15.4. The molecule has 1 N–H and O–H groups in total. The molecule has 6 nitrogen and oxygen atoms in total. The monoisotopic (exact) mass is 293 g/mol. The molecule has 1 aliphatic rings. The van der Waals surface area contributed by atoms with Crippen molar-refractivity contribution in [1.29, 1.82) is 0 Å². The van der Waals surface area contributed by atoms with Gasteiger partial charge in [-0.25, -0.2) is 4.79 Å². The van der Waals surface area contributed by atoms with Crippen molar-refractivity contribution in [2.75, 3.05) is 20.8 Å². The number of ether oxygens (including phenoxy) is 2. The number of carboxylic acids is 1. The van der Waals surface area contributed by atoms with Crippen LogP contribution in [0.3, 0.4) is 0 Å². The van der Waals surface area contributed by atoms with Gasteiger partial charge in [0.1, 0.15) is 6.04 Å². The first-order chi connectivity index (χ1) is 10.1. The molecule has 21 heavy (non-hydrogen) atoms. The van der Waals surface area contributed by atoms with E-state index in [1.807, 2.05) is 0 Å². The maximum Gasteiger partial charge on any atom is 0.326 e. The molecule has 0 aliphatic carbocycles. The molecule has 1 unspecified atom stereocenters. The predicted octanol–water partition coefficient (Wildman–Crippen LogP) is 1.78. The molecule has 0 bridgehead atoms. The number of methoxy groups -OCH3 is 2. The number of hydrogen-bond acceptors (Lipinski definition) is 4. The highest BCUT2D eigenvalue weighted by atomic mass is 16.5. The van der Waals surface area contributed by atoms with Crippen molar-refractivity contribution in [2.24, 2.45) is 0 Å². The summed E-state index contributed by atoms with van der Waals surface area (Å²) in [6.07, 6.45) is 2.14. The molecular weight excluding hydrogens is 274 g/mol. The van der Waals surface area contributed by atoms with E-state index >= 15 is 0 Å². The molecule has 114 valence electrons. The van der Waals surface area contributed by atoms with Gasteiger partial charge in [0.25, 0.3) is 5.91 Å². The maximum atomic E-state index is 12.5. The van der Waals surface area contributed by atoms with Crippen molar-refractivity contribution >= 4 is 11.9 Å². The topological polar surface area (TPSA) is 76.1 Å². The van der Waals surface area contributed by atoms with Crippen molar-refractivity contribution in [1.82, 2.24) is 4.90 Å². The summed E-state index contributed by atoms with van der Waals surface area (Å²) in [5.41, 5.74) is 0.404. The molecule has 1 aromatic carbocycles. The fourth-order valence-corrected chi connectivity index (χ4v) is 2.57. The fraction of sp³-hybridized carbons (Fsp3) is 0.467. The Labute approximate surface area is 123 Å². The Morgan fingerprint density at radius 1 is 1.19 bits per heavy atom. The van der Waals surface area contributed by atoms with E-state index in [9.17, 15) is 14.7 Å². The van der Waals surface area contributed by atoms with Gasteiger partial charge in [-0.2, -0.15) is 0 Å². The summed E-state index contributed by atoms with van der Waals surface area (Å²) in [6.45, 7) is 0.462. The third kappa shape index (κ3) is 3.09. The summed E-state index contributed by atoms with van der Waals surface area (Å²) >= 11 is 0. The van der Waals surface area contributed by atoms with Crippen LogP contribution < -0.4 is 9.47 Å². The van der Waals surface area contributed by atoms with E-state index in [0.717, 1.165) is 12.8 Å². The first-order valence-corrected chi connectivity index (χ1v) is 6.84. The lowest BCUT2D eigenvalue weighted by atomic mass is 10.0. The van der Waals surface area contributed by atoms with Crippen molar-refractivity contribution < 1.29 is 24.2 Å². The summed E-state index contributed by atoms with van der Waals surface area (Å²) in [5.74, 6) is -0.263. The normalized spacial score (nSPS) is 18.2. The number of carbonyl (C=O) groups is 2. The Bertz CT molecular complexity index is 543. The Balaban J connectivity index is 2.28. The van der Waals surface area contributed by atoms with Gasteiger partial charge in [-0.05, 0) is 37.5 Å². The van der Waals surface area contributed by atoms with Gasteiger partial charge in [0.15, 0.2) is 11.5 Å². The number of hydrogen-bond donors (Lipinski definition) is 1. The predicted molar refractivity (Wildman–Crippen MR) is 75.9 cm³/mol. The molecule has 0 saturated carbocycles. The fourth-order valence-electron chi connectivity index (χ4n) is 2.57. The maximum absolute atomic E-state index is 12.5. The zero-order valence-corrected chi connectivity index (χ0v) is 12.2. The van der Waals surface area contributed by atoms with E-state index in [-0.39, 0.29) is 5.91 Å². The van der Waals surface area contributed by atoms with E-state index < -0.39 is 12.0 Å². The van der Waals surface area contributed by atoms with E-state index in [1.165, 1.54) is 19.1 Å². The highest BCUT2D eigenvalue weighted by molar-refractivity contribution is 5.97. The van der Waals surface area contributed by atoms with Crippen LogP contribution in [0.1, 0.15) is 29.6 Å². The van der Waals surface area contributed by atoms with Gasteiger partial charge < -0.3 is 19.5 Å². The Morgan fingerprint density at radius 3 is 2.52 bits per heavy atom. The first-order valence-electron chi connectivity index (χ1n) is 6.84. The van der Waals surface area contributed by atoms with E-state index in [0.29, 0.717) is 30.0 Å². The zero-order valence-electron chi connectivity index (χ0n) is 12.2. The second-order valence-electron chi connectivity index (χ2n) is 4.92. The third-order valence-corrected chi connectivity index (χ3v) is 3.68. The van der Waals surface area contributed by atoms with Gasteiger partial charge in [0.2, 0.25) is 0 Å². The lowest BCUT2D eigenvalue weighted by molar-refractivity contribution is -0.143. The first kappa shape index (κ1) is 15.2. The van der Waals surface area contributed by atoms with Crippen LogP contribution in [0, 0.1) is 0 Å². The number of likely N-dealkylation sites (tertiary alicyclic amines) is 1. The number of rotatable bonds is 4. The number of carbonyl (C=O) groups excluding carboxylic acids is 1. The summed E-state index contributed by atoms with van der Waals surface area (Å²) < 4.78 is 10.3. The lowest BCUT2D eigenvalue weighted by Crippen LogP contribution is -2.47. The van der Waals surface area contributed by atoms with Crippen LogP contribution in [0.5, 0.6) is 11.5 Å². The molecule has 0 radical (unpaired) electrons. The lowest BCUT2D eigenvalue weighted by Gasteiger charge is -2.33. The third-order valence-electron chi connectivity index (χ3n) is 3.68. The molecule has 1 aliphatic heterocycles. The SMILES string of the molecule is COc1ccc(C(=O)N2CCCCC2C(=O)O)cc1OC. The van der Waals surface area contributed by atoms with Crippen LogP contribution >= 0.6 is 0 Å². The van der Waals surface area contributed by atoms with Gasteiger partial charge >= 0.3 is 5.97 Å². The Hall–Kier alpha value is -2.24. The number of nitrogens with zero attached hydrogens (tertiary/aromatic N) is 1. The van der Waals surface area contributed by atoms with Crippen molar-refractivity contribution in [2.45, 2.75) is 25.3 Å². The molecule has 1 atom stereocenters. The number of carboxylic acid groups (broad SMARTS) is 1. The molecule has 1 amide bonds. The smallest absolute Gasteiger partial charge is 0.326 e. The molecule has 1 heterocycles. The Morgan fingerprint density at radius 2 is 1.90 bits per heavy atom. The summed E-state index contributed by atoms with van der Waals surface area (Å²) in [5, 5.41) is 9.25. The van der Waals surface area contributed by atoms with E-state index in [2.05, 4.69) is 0 Å². The number of amides is 1. The van der Waals surface area contributed by atoms with E-state index in [4.69, 9.17) is 9.47 Å². The van der Waals surface area contributed by atoms with Gasteiger partial charge in [0, 0.05) is 12.1 Å². The molecule has 1 fully saturated rings. The minimum atomic E-state index is -0.955. The number of benzene rings is 1. The van der Waals surface area contributed by atoms with Gasteiger partial charge in [-0.15, -0.1) is 0 Å². The van der Waals surface area contributed by atoms with Gasteiger partial charge in [0.05, 0.1) is 14.2 Å². The molecular formula is C15H19NO5. The van der Waals surface area contributed by atoms with Crippen LogP contribution in [0.25, 0.3) is 0 Å². The van der Waals surface area contributed by atoms with Crippen molar-refractivity contribution in [3.63, 3.8) is 0 Å². The molecule has 0 spiro atoms. The van der Waals surface area contributed by atoms with Crippen LogP contribution in [0.15, 0.2) is 18.2 Å². The average Bonchev–Trinajstić information content (AvgIpc) is 2.53. The van der Waals surface area contributed by atoms with Crippen LogP contribution in [-0.2, 0) is 4.79 Å². The van der Waals surface area contributed by atoms with E-state index in [1.54, 1.807) is 18.2 Å². The average molecular weight is 293 g/mol. The molecule has 0 aromatic heterocycles. The second-order valence-corrected chi connectivity index (χ2v) is 4.92. The Kier molecular flexibility index (Phi) is 4.67. The quantitative estimate of drug-likeness (QED) is 0.915. The molecule has 1 aromatic rings. The number of piperidine rings is 1. The largest absolute Gasteiger partial charge is 0.493 e. The summed E-state index contributed by atoms with van der Waals surface area (Å²) in [7, 11) is 3.01. The van der Waals surface area contributed by atoms with Crippen molar-refractivity contribution in [3.8, 4) is 11.5 Å². The summed E-state index contributed by atoms with van der Waals surface area (Å²) in [6, 6.07) is 4.09. The van der Waals surface area contributed by atoms with Crippen molar-refractivity contribution in [3.05, 3.63) is 23.8 Å². The molecule has 1 saturated heterocycles. The van der Waals surface area contributed by atoms with Gasteiger partial charge in [-0.1, -0.05) is 0 Å². The highest BCUT2D eigenvalue weighted by Gasteiger charge is 2.32. The van der Waals surface area contributed by atoms with Crippen LogP contribution in [-0.4, -0.2) is 48.7 Å². The molecule has 6 heteroatoms. The van der Waals surface area contributed by atoms with Crippen LogP contribution in [0.2, 0.25) is 0 Å². The second kappa shape index (κ2) is 6.47. The van der Waals surface area contributed by atoms with Gasteiger partial charge in [-0.3, -0.25) is 4.79 Å². The highest BCUT2D eigenvalue weighted by Crippen LogP contribution is 2.29. The molecule has 2 rings (SSSR count). The number of aliphatic carboxylic acids is 1. The van der Waals surface area contributed by atoms with Crippen LogP contribution in [0.4, 0.5) is 0 Å².